The minimum absolute atomic E-state index is 0.0186. The predicted molar refractivity (Wildman–Crippen MR) is 67.2 cm³/mol. The maximum absolute atomic E-state index is 5.46. The highest BCUT2D eigenvalue weighted by Gasteiger charge is 2.36. The highest BCUT2D eigenvalue weighted by Crippen LogP contribution is 2.46. The van der Waals surface area contributed by atoms with Crippen molar-refractivity contribution in [2.45, 2.75) is 19.3 Å². The Bertz CT molecular complexity index is 405. The van der Waals surface area contributed by atoms with Gasteiger partial charge in [-0.3, -0.25) is 0 Å². The molecule has 1 aliphatic carbocycles. The monoisotopic (exact) mass is 214 g/mol. The van der Waals surface area contributed by atoms with Crippen LogP contribution >= 0.6 is 0 Å². The van der Waals surface area contributed by atoms with E-state index in [2.05, 4.69) is 43.8 Å². The Kier molecular flexibility index (Phi) is 2.86. The van der Waals surface area contributed by atoms with Gasteiger partial charge in [-0.25, -0.2) is 0 Å². The van der Waals surface area contributed by atoms with Gasteiger partial charge in [0, 0.05) is 11.3 Å². The fourth-order valence-electron chi connectivity index (χ4n) is 2.39. The highest BCUT2D eigenvalue weighted by molar-refractivity contribution is 5.33. The quantitative estimate of drug-likeness (QED) is 0.693. The minimum atomic E-state index is -0.0186. The minimum Gasteiger partial charge on any atom is -0.501 e. The Labute approximate surface area is 97.4 Å². The van der Waals surface area contributed by atoms with Crippen LogP contribution in [0.25, 0.3) is 0 Å². The van der Waals surface area contributed by atoms with Crippen molar-refractivity contribution >= 4 is 0 Å². The summed E-state index contributed by atoms with van der Waals surface area (Å²) in [5, 5.41) is 0. The van der Waals surface area contributed by atoms with Gasteiger partial charge in [0.2, 0.25) is 0 Å². The molecule has 84 valence electrons. The molecule has 1 heteroatoms. The third-order valence-electron chi connectivity index (χ3n) is 3.46. The van der Waals surface area contributed by atoms with Gasteiger partial charge in [0.25, 0.3) is 0 Å². The molecule has 1 aliphatic rings. The molecule has 0 aliphatic heterocycles. The average Bonchev–Trinajstić information content (AvgIpc) is 2.68. The largest absolute Gasteiger partial charge is 0.501 e. The van der Waals surface area contributed by atoms with Gasteiger partial charge in [0.1, 0.15) is 5.76 Å². The van der Waals surface area contributed by atoms with Gasteiger partial charge >= 0.3 is 0 Å². The maximum Gasteiger partial charge on any atom is 0.102 e. The molecule has 1 aromatic rings. The molecule has 0 heterocycles. The number of hydrogen-bond acceptors (Lipinski definition) is 1. The summed E-state index contributed by atoms with van der Waals surface area (Å²) in [5.41, 5.74) is 1.33. The second-order valence-corrected chi connectivity index (χ2v) is 4.58. The SMILES string of the molecule is C=C[C@@]1(C)C[C@@H](c2ccccc2)C=C1OC. The van der Waals surface area contributed by atoms with Gasteiger partial charge in [-0.05, 0) is 25.0 Å². The Morgan fingerprint density at radius 2 is 2.06 bits per heavy atom. The smallest absolute Gasteiger partial charge is 0.102 e. The molecule has 1 aromatic carbocycles. The molecule has 0 aromatic heterocycles. The van der Waals surface area contributed by atoms with Crippen molar-refractivity contribution in [1.29, 1.82) is 0 Å². The molecule has 2 rings (SSSR count). The molecule has 0 saturated carbocycles. The van der Waals surface area contributed by atoms with Gasteiger partial charge in [-0.2, -0.15) is 0 Å². The van der Waals surface area contributed by atoms with Gasteiger partial charge in [-0.1, -0.05) is 36.4 Å². The van der Waals surface area contributed by atoms with Gasteiger partial charge < -0.3 is 4.74 Å². The standard InChI is InChI=1S/C15H18O/c1-4-15(2)11-13(10-14(15)16-3)12-8-6-5-7-9-12/h4-10,13H,1,11H2,2-3H3/t13-,15-/m0/s1. The van der Waals surface area contributed by atoms with Crippen LogP contribution in [0.4, 0.5) is 0 Å². The van der Waals surface area contributed by atoms with E-state index in [1.54, 1.807) is 7.11 Å². The van der Waals surface area contributed by atoms with Crippen molar-refractivity contribution in [3.63, 3.8) is 0 Å². The van der Waals surface area contributed by atoms with E-state index >= 15 is 0 Å². The van der Waals surface area contributed by atoms with Gasteiger partial charge in [0.05, 0.1) is 7.11 Å². The molecule has 0 radical (unpaired) electrons. The van der Waals surface area contributed by atoms with Crippen LogP contribution in [0.3, 0.4) is 0 Å². The number of ether oxygens (including phenoxy) is 1. The molecule has 0 spiro atoms. The van der Waals surface area contributed by atoms with E-state index in [1.165, 1.54) is 5.56 Å². The van der Waals surface area contributed by atoms with E-state index in [4.69, 9.17) is 4.74 Å². The Balaban J connectivity index is 2.30. The summed E-state index contributed by atoms with van der Waals surface area (Å²) in [5.74, 6) is 1.48. The van der Waals surface area contributed by atoms with Crippen LogP contribution in [-0.2, 0) is 4.74 Å². The van der Waals surface area contributed by atoms with Crippen LogP contribution in [0.2, 0.25) is 0 Å². The Morgan fingerprint density at radius 3 is 2.56 bits per heavy atom. The lowest BCUT2D eigenvalue weighted by Gasteiger charge is -2.23. The molecular formula is C15H18O. The molecule has 0 saturated heterocycles. The Morgan fingerprint density at radius 1 is 1.38 bits per heavy atom. The number of hydrogen-bond donors (Lipinski definition) is 0. The van der Waals surface area contributed by atoms with Crippen molar-refractivity contribution in [3.8, 4) is 0 Å². The van der Waals surface area contributed by atoms with E-state index in [9.17, 15) is 0 Å². The van der Waals surface area contributed by atoms with E-state index in [-0.39, 0.29) is 5.41 Å². The lowest BCUT2D eigenvalue weighted by atomic mass is 9.84. The van der Waals surface area contributed by atoms with E-state index in [0.717, 1.165) is 12.2 Å². The zero-order valence-corrected chi connectivity index (χ0v) is 9.94. The fraction of sp³-hybridized carbons (Fsp3) is 0.333. The number of benzene rings is 1. The van der Waals surface area contributed by atoms with Crippen LogP contribution in [0.1, 0.15) is 24.8 Å². The van der Waals surface area contributed by atoms with Crippen LogP contribution in [0.5, 0.6) is 0 Å². The van der Waals surface area contributed by atoms with E-state index < -0.39 is 0 Å². The molecule has 0 amide bonds. The van der Waals surface area contributed by atoms with Crippen LogP contribution in [0, 0.1) is 5.41 Å². The summed E-state index contributed by atoms with van der Waals surface area (Å²) in [6.45, 7) is 6.10. The van der Waals surface area contributed by atoms with Gasteiger partial charge in [0.15, 0.2) is 0 Å². The van der Waals surface area contributed by atoms with Crippen molar-refractivity contribution in [2.75, 3.05) is 7.11 Å². The predicted octanol–water partition coefficient (Wildman–Crippen LogP) is 3.90. The van der Waals surface area contributed by atoms with Gasteiger partial charge in [-0.15, -0.1) is 6.58 Å². The third-order valence-corrected chi connectivity index (χ3v) is 3.46. The Hall–Kier alpha value is -1.50. The third kappa shape index (κ3) is 1.78. The van der Waals surface area contributed by atoms with Crippen LogP contribution in [-0.4, -0.2) is 7.11 Å². The van der Waals surface area contributed by atoms with Crippen LogP contribution in [0.15, 0.2) is 54.8 Å². The lowest BCUT2D eigenvalue weighted by molar-refractivity contribution is 0.219. The fourth-order valence-corrected chi connectivity index (χ4v) is 2.39. The average molecular weight is 214 g/mol. The lowest BCUT2D eigenvalue weighted by Crippen LogP contribution is -2.13. The number of allylic oxidation sites excluding steroid dienone is 2. The topological polar surface area (TPSA) is 9.23 Å². The summed E-state index contributed by atoms with van der Waals surface area (Å²) in [7, 11) is 1.74. The first kappa shape index (κ1) is 11.0. The first-order valence-electron chi connectivity index (χ1n) is 5.64. The molecule has 0 N–H and O–H groups in total. The summed E-state index contributed by atoms with van der Waals surface area (Å²) < 4.78 is 5.46. The molecule has 0 unspecified atom stereocenters. The summed E-state index contributed by atoms with van der Waals surface area (Å²) >= 11 is 0. The zero-order valence-electron chi connectivity index (χ0n) is 9.94. The number of methoxy groups -OCH3 is 1. The normalized spacial score (nSPS) is 28.6. The summed E-state index contributed by atoms with van der Waals surface area (Å²) in [4.78, 5) is 0. The van der Waals surface area contributed by atoms with E-state index in [1.807, 2.05) is 12.1 Å². The molecule has 0 bridgehead atoms. The second-order valence-electron chi connectivity index (χ2n) is 4.58. The maximum atomic E-state index is 5.46. The second kappa shape index (κ2) is 4.17. The van der Waals surface area contributed by atoms with Crippen molar-refractivity contribution < 1.29 is 4.74 Å². The molecular weight excluding hydrogens is 196 g/mol. The van der Waals surface area contributed by atoms with Crippen LogP contribution < -0.4 is 0 Å². The first-order valence-corrected chi connectivity index (χ1v) is 5.64. The summed E-state index contributed by atoms with van der Waals surface area (Å²) in [6.07, 6.45) is 5.26. The highest BCUT2D eigenvalue weighted by atomic mass is 16.5. The molecule has 2 atom stereocenters. The van der Waals surface area contributed by atoms with Crippen molar-refractivity contribution in [2.24, 2.45) is 5.41 Å². The first-order chi connectivity index (χ1) is 7.69. The number of rotatable bonds is 3. The van der Waals surface area contributed by atoms with Crippen molar-refractivity contribution in [1.82, 2.24) is 0 Å². The molecule has 16 heavy (non-hydrogen) atoms. The summed E-state index contributed by atoms with van der Waals surface area (Å²) in [6, 6.07) is 10.6. The van der Waals surface area contributed by atoms with E-state index in [0.29, 0.717) is 5.92 Å². The van der Waals surface area contributed by atoms with Crippen molar-refractivity contribution in [3.05, 3.63) is 60.4 Å². The molecule has 0 fully saturated rings. The zero-order chi connectivity index (χ0) is 11.6. The molecule has 1 nitrogen and oxygen atoms in total.